The molecule has 25 heavy (non-hydrogen) atoms. The van der Waals surface area contributed by atoms with Crippen LogP contribution in [0.15, 0.2) is 42.5 Å². The molecule has 0 spiro atoms. The van der Waals surface area contributed by atoms with Crippen LogP contribution in [0.25, 0.3) is 0 Å². The molecule has 0 saturated carbocycles. The third kappa shape index (κ3) is 4.30. The minimum atomic E-state index is -1.33. The molecule has 1 atom stereocenters. The lowest BCUT2D eigenvalue weighted by Crippen LogP contribution is -2.30. The lowest BCUT2D eigenvalue weighted by atomic mass is 10.2. The standard InChI is InChI=1S/C16H12ClFN2O5/c1-9(25-16(22)14-10(17)5-4-6-11(14)18)15(21)19-12-7-2-3-8-13(12)20(23)24/h2-9H,1H3,(H,19,21)/t9-/m0/s1. The van der Waals surface area contributed by atoms with Crippen LogP contribution in [0.5, 0.6) is 0 Å². The number of rotatable bonds is 5. The zero-order chi connectivity index (χ0) is 18.6. The zero-order valence-electron chi connectivity index (χ0n) is 12.9. The summed E-state index contributed by atoms with van der Waals surface area (Å²) < 4.78 is 18.6. The molecule has 0 saturated heterocycles. The monoisotopic (exact) mass is 366 g/mol. The number of carbonyl (C=O) groups is 2. The minimum Gasteiger partial charge on any atom is -0.449 e. The number of amides is 1. The van der Waals surface area contributed by atoms with Gasteiger partial charge in [-0.3, -0.25) is 14.9 Å². The van der Waals surface area contributed by atoms with E-state index in [1.54, 1.807) is 0 Å². The topological polar surface area (TPSA) is 98.5 Å². The van der Waals surface area contributed by atoms with Gasteiger partial charge in [-0.25, -0.2) is 9.18 Å². The van der Waals surface area contributed by atoms with Gasteiger partial charge < -0.3 is 10.1 Å². The molecule has 0 aliphatic rings. The van der Waals surface area contributed by atoms with Crippen molar-refractivity contribution < 1.29 is 23.6 Å². The molecular weight excluding hydrogens is 355 g/mol. The number of halogens is 2. The number of esters is 1. The fourth-order valence-electron chi connectivity index (χ4n) is 1.94. The fraction of sp³-hybridized carbons (Fsp3) is 0.125. The maximum atomic E-state index is 13.7. The molecule has 1 N–H and O–H groups in total. The van der Waals surface area contributed by atoms with Crippen molar-refractivity contribution in [2.75, 3.05) is 5.32 Å². The lowest BCUT2D eigenvalue weighted by Gasteiger charge is -2.14. The van der Waals surface area contributed by atoms with E-state index in [2.05, 4.69) is 5.32 Å². The average Bonchev–Trinajstić information content (AvgIpc) is 2.54. The fourth-order valence-corrected chi connectivity index (χ4v) is 2.18. The van der Waals surface area contributed by atoms with Crippen molar-refractivity contribution in [2.45, 2.75) is 13.0 Å². The Morgan fingerprint density at radius 1 is 1.24 bits per heavy atom. The van der Waals surface area contributed by atoms with E-state index < -0.39 is 34.3 Å². The summed E-state index contributed by atoms with van der Waals surface area (Å²) in [6.07, 6.45) is -1.33. The zero-order valence-corrected chi connectivity index (χ0v) is 13.6. The van der Waals surface area contributed by atoms with Gasteiger partial charge in [0.05, 0.1) is 9.95 Å². The Labute approximate surface area is 146 Å². The van der Waals surface area contributed by atoms with Gasteiger partial charge in [0.1, 0.15) is 17.1 Å². The molecule has 0 aliphatic carbocycles. The number of nitro groups is 1. The number of benzene rings is 2. The van der Waals surface area contributed by atoms with Gasteiger partial charge in [0, 0.05) is 6.07 Å². The van der Waals surface area contributed by atoms with Crippen molar-refractivity contribution in [3.05, 3.63) is 69.0 Å². The van der Waals surface area contributed by atoms with Crippen LogP contribution in [0.1, 0.15) is 17.3 Å². The van der Waals surface area contributed by atoms with Crippen LogP contribution in [-0.4, -0.2) is 22.9 Å². The Kier molecular flexibility index (Phi) is 5.66. The van der Waals surface area contributed by atoms with E-state index in [9.17, 15) is 24.1 Å². The SMILES string of the molecule is C[C@H](OC(=O)c1c(F)cccc1Cl)C(=O)Nc1ccccc1[N+](=O)[O-]. The summed E-state index contributed by atoms with van der Waals surface area (Å²) in [6, 6.07) is 9.14. The van der Waals surface area contributed by atoms with E-state index in [0.29, 0.717) is 0 Å². The number of hydrogen-bond donors (Lipinski definition) is 1. The summed E-state index contributed by atoms with van der Waals surface area (Å²) in [7, 11) is 0. The molecule has 0 aliphatic heterocycles. The first-order valence-corrected chi connectivity index (χ1v) is 7.38. The number of nitro benzene ring substituents is 1. The second-order valence-corrected chi connectivity index (χ2v) is 5.31. The van der Waals surface area contributed by atoms with Crippen LogP contribution in [0.4, 0.5) is 15.8 Å². The molecule has 0 aromatic heterocycles. The van der Waals surface area contributed by atoms with Gasteiger partial charge >= 0.3 is 5.97 Å². The van der Waals surface area contributed by atoms with Crippen molar-refractivity contribution in [1.82, 2.24) is 0 Å². The van der Waals surface area contributed by atoms with Crippen molar-refractivity contribution >= 4 is 34.9 Å². The minimum absolute atomic E-state index is 0.0516. The number of anilines is 1. The van der Waals surface area contributed by atoms with Crippen molar-refractivity contribution in [3.8, 4) is 0 Å². The van der Waals surface area contributed by atoms with Gasteiger partial charge in [0.2, 0.25) is 0 Å². The highest BCUT2D eigenvalue weighted by Gasteiger charge is 2.24. The maximum absolute atomic E-state index is 13.7. The predicted molar refractivity (Wildman–Crippen MR) is 88.0 cm³/mol. The van der Waals surface area contributed by atoms with Gasteiger partial charge in [0.25, 0.3) is 11.6 Å². The molecule has 2 aromatic rings. The van der Waals surface area contributed by atoms with Crippen molar-refractivity contribution in [3.63, 3.8) is 0 Å². The molecule has 9 heteroatoms. The molecule has 0 radical (unpaired) electrons. The van der Waals surface area contributed by atoms with E-state index in [0.717, 1.165) is 6.07 Å². The normalized spacial score (nSPS) is 11.5. The van der Waals surface area contributed by atoms with E-state index >= 15 is 0 Å². The predicted octanol–water partition coefficient (Wildman–Crippen LogP) is 3.57. The van der Waals surface area contributed by atoms with E-state index in [1.165, 1.54) is 43.3 Å². The summed E-state index contributed by atoms with van der Waals surface area (Å²) >= 11 is 5.76. The molecule has 130 valence electrons. The smallest absolute Gasteiger partial charge is 0.343 e. The Bertz CT molecular complexity index is 823. The average molecular weight is 367 g/mol. The Hall–Kier alpha value is -3.00. The highest BCUT2D eigenvalue weighted by Crippen LogP contribution is 2.24. The van der Waals surface area contributed by atoms with Crippen molar-refractivity contribution in [2.24, 2.45) is 0 Å². The van der Waals surface area contributed by atoms with Crippen LogP contribution in [0.3, 0.4) is 0 Å². The second-order valence-electron chi connectivity index (χ2n) is 4.91. The van der Waals surface area contributed by atoms with Gasteiger partial charge in [-0.05, 0) is 25.1 Å². The molecule has 0 fully saturated rings. The first kappa shape index (κ1) is 18.3. The lowest BCUT2D eigenvalue weighted by molar-refractivity contribution is -0.383. The summed E-state index contributed by atoms with van der Waals surface area (Å²) in [5.74, 6) is -2.81. The van der Waals surface area contributed by atoms with Gasteiger partial charge in [-0.2, -0.15) is 0 Å². The van der Waals surface area contributed by atoms with E-state index in [-0.39, 0.29) is 16.4 Å². The van der Waals surface area contributed by atoms with Crippen LogP contribution >= 0.6 is 11.6 Å². The molecule has 2 aromatic carbocycles. The van der Waals surface area contributed by atoms with Gasteiger partial charge in [-0.15, -0.1) is 0 Å². The summed E-state index contributed by atoms with van der Waals surface area (Å²) in [5, 5.41) is 13.1. The third-order valence-electron chi connectivity index (χ3n) is 3.18. The van der Waals surface area contributed by atoms with Crippen LogP contribution < -0.4 is 5.32 Å². The number of carbonyl (C=O) groups excluding carboxylic acids is 2. The molecule has 2 rings (SSSR count). The molecule has 0 heterocycles. The first-order valence-electron chi connectivity index (χ1n) is 7.00. The van der Waals surface area contributed by atoms with Crippen LogP contribution in [0.2, 0.25) is 5.02 Å². The van der Waals surface area contributed by atoms with Crippen LogP contribution in [0, 0.1) is 15.9 Å². The van der Waals surface area contributed by atoms with Gasteiger partial charge in [-0.1, -0.05) is 29.8 Å². The number of hydrogen-bond acceptors (Lipinski definition) is 5. The Morgan fingerprint density at radius 2 is 1.92 bits per heavy atom. The Balaban J connectivity index is 2.11. The van der Waals surface area contributed by atoms with Crippen molar-refractivity contribution in [1.29, 1.82) is 0 Å². The summed E-state index contributed by atoms with van der Waals surface area (Å²) in [6.45, 7) is 1.25. The quantitative estimate of drug-likeness (QED) is 0.495. The number of nitrogens with zero attached hydrogens (tertiary/aromatic N) is 1. The summed E-state index contributed by atoms with van der Waals surface area (Å²) in [5.41, 5.74) is -0.856. The number of para-hydroxylation sites is 2. The number of ether oxygens (including phenoxy) is 1. The highest BCUT2D eigenvalue weighted by atomic mass is 35.5. The maximum Gasteiger partial charge on any atom is 0.343 e. The molecular formula is C16H12ClFN2O5. The van der Waals surface area contributed by atoms with Gasteiger partial charge in [0.15, 0.2) is 6.10 Å². The summed E-state index contributed by atoms with van der Waals surface area (Å²) in [4.78, 5) is 34.3. The molecule has 0 bridgehead atoms. The third-order valence-corrected chi connectivity index (χ3v) is 3.49. The molecule has 7 nitrogen and oxygen atoms in total. The molecule has 1 amide bonds. The Morgan fingerprint density at radius 3 is 2.56 bits per heavy atom. The number of nitrogens with one attached hydrogen (secondary N) is 1. The molecule has 0 unspecified atom stereocenters. The van der Waals surface area contributed by atoms with E-state index in [1.807, 2.05) is 0 Å². The highest BCUT2D eigenvalue weighted by molar-refractivity contribution is 6.33. The van der Waals surface area contributed by atoms with E-state index in [4.69, 9.17) is 16.3 Å². The van der Waals surface area contributed by atoms with Crippen LogP contribution in [-0.2, 0) is 9.53 Å². The first-order chi connectivity index (χ1) is 11.8. The largest absolute Gasteiger partial charge is 0.449 e. The second kappa shape index (κ2) is 7.71.